The zero-order chi connectivity index (χ0) is 14.7. The Bertz CT molecular complexity index is 642. The Morgan fingerprint density at radius 1 is 1.35 bits per heavy atom. The second kappa shape index (κ2) is 5.92. The highest BCUT2D eigenvalue weighted by molar-refractivity contribution is 7.84. The van der Waals surface area contributed by atoms with Gasteiger partial charge in [0.2, 0.25) is 5.76 Å². The molecular formula is C14H14O5S. The number of carboxylic acids is 1. The maximum atomic E-state index is 12.2. The van der Waals surface area contributed by atoms with Gasteiger partial charge in [-0.05, 0) is 37.3 Å². The summed E-state index contributed by atoms with van der Waals surface area (Å²) in [6.07, 6.45) is 0. The van der Waals surface area contributed by atoms with Crippen molar-refractivity contribution in [3.63, 3.8) is 0 Å². The van der Waals surface area contributed by atoms with Crippen LogP contribution in [0.4, 0.5) is 0 Å². The van der Waals surface area contributed by atoms with Crippen molar-refractivity contribution in [2.45, 2.75) is 17.6 Å². The van der Waals surface area contributed by atoms with Gasteiger partial charge in [-0.2, -0.15) is 0 Å². The van der Waals surface area contributed by atoms with Crippen LogP contribution in [0.3, 0.4) is 0 Å². The van der Waals surface area contributed by atoms with Crippen LogP contribution in [-0.2, 0) is 16.6 Å². The lowest BCUT2D eigenvalue weighted by Gasteiger charge is -2.03. The van der Waals surface area contributed by atoms with E-state index in [1.54, 1.807) is 38.3 Å². The monoisotopic (exact) mass is 294 g/mol. The van der Waals surface area contributed by atoms with E-state index in [-0.39, 0.29) is 11.5 Å². The lowest BCUT2D eigenvalue weighted by atomic mass is 10.3. The second-order valence-electron chi connectivity index (χ2n) is 4.16. The molecule has 1 aromatic carbocycles. The largest absolute Gasteiger partial charge is 0.497 e. The van der Waals surface area contributed by atoms with Crippen molar-refractivity contribution >= 4 is 16.8 Å². The molecule has 0 aliphatic carbocycles. The molecule has 0 spiro atoms. The van der Waals surface area contributed by atoms with Crippen LogP contribution in [0, 0.1) is 6.92 Å². The fraction of sp³-hybridized carbons (Fsp3) is 0.214. The molecule has 0 amide bonds. The number of aryl methyl sites for hydroxylation is 1. The van der Waals surface area contributed by atoms with Gasteiger partial charge in [0.05, 0.1) is 23.7 Å². The highest BCUT2D eigenvalue weighted by atomic mass is 32.2. The van der Waals surface area contributed by atoms with Gasteiger partial charge in [-0.25, -0.2) is 4.79 Å². The smallest absolute Gasteiger partial charge is 0.371 e. The molecule has 0 bridgehead atoms. The van der Waals surface area contributed by atoms with E-state index in [9.17, 15) is 9.00 Å². The highest BCUT2D eigenvalue weighted by Crippen LogP contribution is 2.21. The number of rotatable bonds is 5. The molecule has 0 fully saturated rings. The quantitative estimate of drug-likeness (QED) is 0.917. The zero-order valence-electron chi connectivity index (χ0n) is 11.1. The minimum absolute atomic E-state index is 0.135. The summed E-state index contributed by atoms with van der Waals surface area (Å²) in [4.78, 5) is 11.5. The van der Waals surface area contributed by atoms with Crippen molar-refractivity contribution in [3.05, 3.63) is 47.4 Å². The average Bonchev–Trinajstić information content (AvgIpc) is 2.80. The number of methoxy groups -OCH3 is 1. The van der Waals surface area contributed by atoms with Crippen molar-refractivity contribution in [3.8, 4) is 5.75 Å². The van der Waals surface area contributed by atoms with Crippen molar-refractivity contribution in [2.75, 3.05) is 7.11 Å². The number of hydrogen-bond acceptors (Lipinski definition) is 4. The highest BCUT2D eigenvalue weighted by Gasteiger charge is 2.15. The molecule has 1 unspecified atom stereocenters. The SMILES string of the molecule is COc1ccc(S(=O)Cc2cc(C(=O)O)oc2C)cc1. The molecule has 6 heteroatoms. The summed E-state index contributed by atoms with van der Waals surface area (Å²) < 4.78 is 22.4. The molecule has 0 saturated heterocycles. The molecule has 0 radical (unpaired) electrons. The molecule has 1 aromatic heterocycles. The molecule has 1 N–H and O–H groups in total. The second-order valence-corrected chi connectivity index (χ2v) is 5.61. The number of benzene rings is 1. The van der Waals surface area contributed by atoms with Gasteiger partial charge in [0.1, 0.15) is 11.5 Å². The summed E-state index contributed by atoms with van der Waals surface area (Å²) in [6, 6.07) is 8.33. The van der Waals surface area contributed by atoms with Crippen LogP contribution in [-0.4, -0.2) is 22.4 Å². The standard InChI is InChI=1S/C14H14O5S/c1-9-10(7-13(19-9)14(15)16)8-20(17)12-5-3-11(18-2)4-6-12/h3-7H,8H2,1-2H3,(H,15,16). The fourth-order valence-corrected chi connectivity index (χ4v) is 2.90. The number of aromatic carboxylic acids is 1. The van der Waals surface area contributed by atoms with E-state index >= 15 is 0 Å². The van der Waals surface area contributed by atoms with Crippen molar-refractivity contribution < 1.29 is 23.3 Å². The first-order valence-corrected chi connectivity index (χ1v) is 7.18. The van der Waals surface area contributed by atoms with E-state index < -0.39 is 16.8 Å². The first-order valence-electron chi connectivity index (χ1n) is 5.86. The maximum Gasteiger partial charge on any atom is 0.371 e. The summed E-state index contributed by atoms with van der Waals surface area (Å²) in [6.45, 7) is 1.66. The number of hydrogen-bond donors (Lipinski definition) is 1. The van der Waals surface area contributed by atoms with Crippen LogP contribution < -0.4 is 4.74 Å². The molecule has 2 aromatic rings. The maximum absolute atomic E-state index is 12.2. The molecular weight excluding hydrogens is 280 g/mol. The van der Waals surface area contributed by atoms with Crippen LogP contribution in [0.2, 0.25) is 0 Å². The third-order valence-electron chi connectivity index (χ3n) is 2.84. The van der Waals surface area contributed by atoms with Gasteiger partial charge in [0, 0.05) is 10.5 Å². The summed E-state index contributed by atoms with van der Waals surface area (Å²) in [5, 5.41) is 8.85. The average molecular weight is 294 g/mol. The van der Waals surface area contributed by atoms with Crippen molar-refractivity contribution in [1.29, 1.82) is 0 Å². The van der Waals surface area contributed by atoms with Crippen LogP contribution in [0.5, 0.6) is 5.75 Å². The number of ether oxygens (including phenoxy) is 1. The van der Waals surface area contributed by atoms with E-state index in [4.69, 9.17) is 14.3 Å². The van der Waals surface area contributed by atoms with Crippen molar-refractivity contribution in [2.24, 2.45) is 0 Å². The first-order chi connectivity index (χ1) is 9.51. The molecule has 5 nitrogen and oxygen atoms in total. The van der Waals surface area contributed by atoms with Crippen LogP contribution in [0.25, 0.3) is 0 Å². The Morgan fingerprint density at radius 2 is 2.00 bits per heavy atom. The summed E-state index contributed by atoms with van der Waals surface area (Å²) in [5.41, 5.74) is 0.636. The first kappa shape index (κ1) is 14.3. The van der Waals surface area contributed by atoms with E-state index in [1.807, 2.05) is 0 Å². The van der Waals surface area contributed by atoms with Gasteiger partial charge in [0.25, 0.3) is 0 Å². The van der Waals surface area contributed by atoms with E-state index in [2.05, 4.69) is 0 Å². The van der Waals surface area contributed by atoms with Crippen LogP contribution in [0.15, 0.2) is 39.6 Å². The van der Waals surface area contributed by atoms with Gasteiger partial charge < -0.3 is 14.3 Å². The molecule has 0 saturated carbocycles. The fourth-order valence-electron chi connectivity index (χ4n) is 1.72. The predicted octanol–water partition coefficient (Wildman–Crippen LogP) is 2.60. The normalized spacial score (nSPS) is 12.1. The molecule has 1 heterocycles. The zero-order valence-corrected chi connectivity index (χ0v) is 11.9. The number of furan rings is 1. The van der Waals surface area contributed by atoms with Crippen LogP contribution >= 0.6 is 0 Å². The lowest BCUT2D eigenvalue weighted by Crippen LogP contribution is -1.97. The Hall–Kier alpha value is -2.08. The topological polar surface area (TPSA) is 76.7 Å². The minimum Gasteiger partial charge on any atom is -0.497 e. The Morgan fingerprint density at radius 3 is 2.50 bits per heavy atom. The van der Waals surface area contributed by atoms with E-state index in [1.165, 1.54) is 6.07 Å². The Balaban J connectivity index is 2.16. The summed E-state index contributed by atoms with van der Waals surface area (Å²) >= 11 is 0. The van der Waals surface area contributed by atoms with Crippen LogP contribution in [0.1, 0.15) is 21.9 Å². The molecule has 0 aliphatic rings. The molecule has 0 aliphatic heterocycles. The predicted molar refractivity (Wildman–Crippen MR) is 73.5 cm³/mol. The molecule has 106 valence electrons. The van der Waals surface area contributed by atoms with Gasteiger partial charge >= 0.3 is 5.97 Å². The third kappa shape index (κ3) is 3.08. The summed E-state index contributed by atoms with van der Waals surface area (Å²) in [5.74, 6) is 0.121. The van der Waals surface area contributed by atoms with Gasteiger partial charge in [0.15, 0.2) is 0 Å². The summed E-state index contributed by atoms with van der Waals surface area (Å²) in [7, 11) is 0.300. The molecule has 2 rings (SSSR count). The number of carbonyl (C=O) groups is 1. The molecule has 1 atom stereocenters. The minimum atomic E-state index is -1.26. The van der Waals surface area contributed by atoms with E-state index in [0.717, 1.165) is 0 Å². The van der Waals surface area contributed by atoms with Gasteiger partial charge in [-0.1, -0.05) is 0 Å². The Kier molecular flexibility index (Phi) is 4.24. The van der Waals surface area contributed by atoms with Gasteiger partial charge in [-0.15, -0.1) is 0 Å². The van der Waals surface area contributed by atoms with E-state index in [0.29, 0.717) is 22.0 Å². The Labute approximate surface area is 118 Å². The third-order valence-corrected chi connectivity index (χ3v) is 4.21. The number of carboxylic acid groups (broad SMARTS) is 1. The van der Waals surface area contributed by atoms with Gasteiger partial charge in [-0.3, -0.25) is 4.21 Å². The molecule has 20 heavy (non-hydrogen) atoms. The van der Waals surface area contributed by atoms with Crippen molar-refractivity contribution in [1.82, 2.24) is 0 Å². The lowest BCUT2D eigenvalue weighted by molar-refractivity contribution is 0.0661.